The van der Waals surface area contributed by atoms with Crippen LogP contribution < -0.4 is 19.5 Å². The molecule has 0 aliphatic carbocycles. The van der Waals surface area contributed by atoms with Gasteiger partial charge in [-0.05, 0) is 30.5 Å². The Morgan fingerprint density at radius 1 is 1.33 bits per heavy atom. The van der Waals surface area contributed by atoms with Crippen molar-refractivity contribution in [1.82, 2.24) is 4.90 Å². The first kappa shape index (κ1) is 15.3. The molecule has 126 valence electrons. The number of ether oxygens (including phenoxy) is 3. The summed E-state index contributed by atoms with van der Waals surface area (Å²) >= 11 is 1.41. The number of benzene rings is 1. The Morgan fingerprint density at radius 3 is 2.92 bits per heavy atom. The minimum atomic E-state index is -0.131. The van der Waals surface area contributed by atoms with Crippen LogP contribution in [0.3, 0.4) is 0 Å². The van der Waals surface area contributed by atoms with E-state index >= 15 is 0 Å². The Hall–Kier alpha value is -2.25. The van der Waals surface area contributed by atoms with Gasteiger partial charge in [-0.3, -0.25) is 4.79 Å². The summed E-state index contributed by atoms with van der Waals surface area (Å²) in [4.78, 5) is 15.4. The van der Waals surface area contributed by atoms with Crippen LogP contribution in [0.2, 0.25) is 0 Å². The number of rotatable bonds is 3. The second-order valence-electron chi connectivity index (χ2n) is 5.85. The molecule has 2 aliphatic heterocycles. The summed E-state index contributed by atoms with van der Waals surface area (Å²) in [6, 6.07) is 3.67. The van der Waals surface area contributed by atoms with E-state index in [0.717, 1.165) is 30.6 Å². The van der Waals surface area contributed by atoms with E-state index in [2.05, 4.69) is 17.3 Å². The Bertz CT molecular complexity index is 789. The molecule has 1 amide bonds. The number of likely N-dealkylation sites (N-methyl/N-ethyl adjacent to an activating group) is 1. The van der Waals surface area contributed by atoms with E-state index in [1.54, 1.807) is 13.2 Å². The van der Waals surface area contributed by atoms with Gasteiger partial charge in [0.05, 0.1) is 17.7 Å². The van der Waals surface area contributed by atoms with Crippen molar-refractivity contribution in [2.45, 2.75) is 13.0 Å². The lowest BCUT2D eigenvalue weighted by molar-refractivity contribution is 0.102. The second-order valence-corrected chi connectivity index (χ2v) is 6.80. The fourth-order valence-corrected chi connectivity index (χ4v) is 3.84. The summed E-state index contributed by atoms with van der Waals surface area (Å²) in [5.74, 6) is 1.72. The van der Waals surface area contributed by atoms with Gasteiger partial charge in [-0.25, -0.2) is 0 Å². The smallest absolute Gasteiger partial charge is 0.265 e. The van der Waals surface area contributed by atoms with Crippen LogP contribution in [0.5, 0.6) is 17.2 Å². The summed E-state index contributed by atoms with van der Waals surface area (Å²) in [5, 5.41) is 4.92. The van der Waals surface area contributed by atoms with E-state index in [-0.39, 0.29) is 12.7 Å². The van der Waals surface area contributed by atoms with E-state index in [0.29, 0.717) is 27.8 Å². The quantitative estimate of drug-likeness (QED) is 0.926. The maximum atomic E-state index is 12.5. The average molecular weight is 346 g/mol. The Kier molecular flexibility index (Phi) is 3.82. The number of anilines is 1. The number of carbonyl (C=O) groups excluding carboxylic acids is 1. The van der Waals surface area contributed by atoms with Crippen LogP contribution in [0.25, 0.3) is 0 Å². The third-order valence-electron chi connectivity index (χ3n) is 4.35. The monoisotopic (exact) mass is 346 g/mol. The average Bonchev–Trinajstić information content (AvgIpc) is 3.26. The van der Waals surface area contributed by atoms with Crippen LogP contribution in [-0.2, 0) is 13.0 Å². The lowest BCUT2D eigenvalue weighted by atomic mass is 9.95. The predicted molar refractivity (Wildman–Crippen MR) is 91.4 cm³/mol. The van der Waals surface area contributed by atoms with Crippen molar-refractivity contribution in [2.75, 3.05) is 32.8 Å². The molecular formula is C17H18N2O4S. The molecule has 0 unspecified atom stereocenters. The number of amides is 1. The fraction of sp³-hybridized carbons (Fsp3) is 0.353. The van der Waals surface area contributed by atoms with Gasteiger partial charge >= 0.3 is 0 Å². The summed E-state index contributed by atoms with van der Waals surface area (Å²) in [5.41, 5.74) is 2.83. The molecule has 0 fully saturated rings. The van der Waals surface area contributed by atoms with E-state index < -0.39 is 0 Å². The molecule has 1 N–H and O–H groups in total. The molecule has 2 aliphatic rings. The van der Waals surface area contributed by atoms with Crippen molar-refractivity contribution >= 4 is 22.9 Å². The zero-order valence-electron chi connectivity index (χ0n) is 13.5. The maximum Gasteiger partial charge on any atom is 0.265 e. The number of fused-ring (bicyclic) bond motifs is 2. The van der Waals surface area contributed by atoms with Gasteiger partial charge < -0.3 is 24.4 Å². The molecule has 24 heavy (non-hydrogen) atoms. The molecular weight excluding hydrogens is 328 g/mol. The second kappa shape index (κ2) is 5.99. The molecule has 0 bridgehead atoms. The molecule has 0 saturated carbocycles. The van der Waals surface area contributed by atoms with E-state index in [9.17, 15) is 4.79 Å². The molecule has 0 spiro atoms. The van der Waals surface area contributed by atoms with Crippen LogP contribution in [0.15, 0.2) is 17.5 Å². The van der Waals surface area contributed by atoms with Crippen molar-refractivity contribution in [3.05, 3.63) is 33.5 Å². The topological polar surface area (TPSA) is 60.0 Å². The number of methoxy groups -OCH3 is 1. The van der Waals surface area contributed by atoms with E-state index in [1.165, 1.54) is 11.3 Å². The van der Waals surface area contributed by atoms with Crippen LogP contribution in [0.4, 0.5) is 5.69 Å². The van der Waals surface area contributed by atoms with Gasteiger partial charge in [0.2, 0.25) is 12.5 Å². The normalized spacial score (nSPS) is 15.9. The van der Waals surface area contributed by atoms with Gasteiger partial charge in [-0.2, -0.15) is 0 Å². The number of nitrogens with zero attached hydrogens (tertiary/aromatic N) is 1. The summed E-state index contributed by atoms with van der Waals surface area (Å²) in [6.07, 6.45) is 0.818. The summed E-state index contributed by atoms with van der Waals surface area (Å²) in [6.45, 7) is 1.79. The number of hydrogen-bond donors (Lipinski definition) is 1. The third-order valence-corrected chi connectivity index (χ3v) is 5.21. The van der Waals surface area contributed by atoms with Crippen LogP contribution in [0.1, 0.15) is 20.8 Å². The summed E-state index contributed by atoms with van der Waals surface area (Å²) < 4.78 is 16.9. The lowest BCUT2D eigenvalue weighted by Gasteiger charge is -2.29. The van der Waals surface area contributed by atoms with Gasteiger partial charge in [0.1, 0.15) is 0 Å². The minimum Gasteiger partial charge on any atom is -0.492 e. The zero-order valence-corrected chi connectivity index (χ0v) is 14.4. The lowest BCUT2D eigenvalue weighted by Crippen LogP contribution is -2.28. The van der Waals surface area contributed by atoms with Crippen molar-refractivity contribution < 1.29 is 19.0 Å². The molecule has 4 rings (SSSR count). The van der Waals surface area contributed by atoms with Gasteiger partial charge in [0.25, 0.3) is 5.91 Å². The Balaban J connectivity index is 1.83. The highest BCUT2D eigenvalue weighted by Crippen LogP contribution is 2.52. The van der Waals surface area contributed by atoms with Crippen LogP contribution >= 0.6 is 11.3 Å². The van der Waals surface area contributed by atoms with Crippen molar-refractivity contribution in [1.29, 1.82) is 0 Å². The van der Waals surface area contributed by atoms with Crippen LogP contribution in [0, 0.1) is 0 Å². The first-order valence-electron chi connectivity index (χ1n) is 7.73. The first-order chi connectivity index (χ1) is 11.7. The standard InChI is InChI=1S/C17H18N2O4S/c1-19-6-5-10-11(8-19)14(21-2)16-15(22-9-23-16)13(10)18-17(20)12-4-3-7-24-12/h3-4,7H,5-6,8-9H2,1-2H3,(H,18,20). The predicted octanol–water partition coefficient (Wildman–Crippen LogP) is 2.73. The molecule has 1 aromatic carbocycles. The number of nitrogens with one attached hydrogen (secondary N) is 1. The molecule has 0 atom stereocenters. The van der Waals surface area contributed by atoms with Gasteiger partial charge in [-0.1, -0.05) is 6.07 Å². The largest absolute Gasteiger partial charge is 0.492 e. The molecule has 0 saturated heterocycles. The maximum absolute atomic E-state index is 12.5. The first-order valence-corrected chi connectivity index (χ1v) is 8.61. The molecule has 7 heteroatoms. The third kappa shape index (κ3) is 2.40. The van der Waals surface area contributed by atoms with Crippen molar-refractivity contribution in [3.63, 3.8) is 0 Å². The van der Waals surface area contributed by atoms with E-state index in [4.69, 9.17) is 14.2 Å². The van der Waals surface area contributed by atoms with E-state index in [1.807, 2.05) is 11.4 Å². The number of thiophene rings is 1. The Morgan fingerprint density at radius 2 is 2.17 bits per heavy atom. The molecule has 0 radical (unpaired) electrons. The number of hydrogen-bond acceptors (Lipinski definition) is 6. The molecule has 3 heterocycles. The Labute approximate surface area is 143 Å². The minimum absolute atomic E-state index is 0.131. The highest BCUT2D eigenvalue weighted by molar-refractivity contribution is 7.12. The SMILES string of the molecule is COc1c2c(c(NC(=O)c3cccs3)c3c1OCO3)CCN(C)C2. The van der Waals surface area contributed by atoms with Gasteiger partial charge in [-0.15, -0.1) is 11.3 Å². The van der Waals surface area contributed by atoms with Crippen molar-refractivity contribution in [2.24, 2.45) is 0 Å². The van der Waals surface area contributed by atoms with Crippen LogP contribution in [-0.4, -0.2) is 38.3 Å². The van der Waals surface area contributed by atoms with Crippen molar-refractivity contribution in [3.8, 4) is 17.2 Å². The van der Waals surface area contributed by atoms with Gasteiger partial charge in [0, 0.05) is 18.7 Å². The van der Waals surface area contributed by atoms with Gasteiger partial charge in [0.15, 0.2) is 11.5 Å². The zero-order chi connectivity index (χ0) is 16.7. The molecule has 6 nitrogen and oxygen atoms in total. The summed E-state index contributed by atoms with van der Waals surface area (Å²) in [7, 11) is 3.70. The molecule has 1 aromatic heterocycles. The highest BCUT2D eigenvalue weighted by Gasteiger charge is 2.33. The fourth-order valence-electron chi connectivity index (χ4n) is 3.22. The molecule has 2 aromatic rings. The number of carbonyl (C=O) groups is 1. The highest BCUT2D eigenvalue weighted by atomic mass is 32.1.